The summed E-state index contributed by atoms with van der Waals surface area (Å²) in [5.74, 6) is 1.15. The van der Waals surface area contributed by atoms with E-state index in [4.69, 9.17) is 17.3 Å². The van der Waals surface area contributed by atoms with Crippen LogP contribution in [0.25, 0.3) is 0 Å². The summed E-state index contributed by atoms with van der Waals surface area (Å²) in [7, 11) is -3.60. The number of sulfonamides is 1. The zero-order valence-electron chi connectivity index (χ0n) is 10.3. The molecule has 0 aliphatic heterocycles. The van der Waals surface area contributed by atoms with Crippen LogP contribution < -0.4 is 10.5 Å². The van der Waals surface area contributed by atoms with Crippen LogP contribution in [0.3, 0.4) is 0 Å². The fourth-order valence-corrected chi connectivity index (χ4v) is 3.78. The quantitative estimate of drug-likeness (QED) is 0.790. The van der Waals surface area contributed by atoms with Crippen LogP contribution in [0.5, 0.6) is 0 Å². The molecule has 0 amide bonds. The summed E-state index contributed by atoms with van der Waals surface area (Å²) in [6.45, 7) is 2.37. The Morgan fingerprint density at radius 3 is 2.78 bits per heavy atom. The van der Waals surface area contributed by atoms with Gasteiger partial charge in [0.25, 0.3) is 0 Å². The number of hydrogen-bond donors (Lipinski definition) is 2. The number of nitrogen functional groups attached to an aromatic ring is 1. The van der Waals surface area contributed by atoms with Crippen molar-refractivity contribution in [2.75, 3.05) is 24.3 Å². The van der Waals surface area contributed by atoms with Gasteiger partial charge in [0.1, 0.15) is 4.90 Å². The number of nitrogens with two attached hydrogens (primary N) is 1. The smallest absolute Gasteiger partial charge is 0.242 e. The van der Waals surface area contributed by atoms with Gasteiger partial charge >= 0.3 is 0 Å². The van der Waals surface area contributed by atoms with Crippen molar-refractivity contribution in [3.05, 3.63) is 23.2 Å². The van der Waals surface area contributed by atoms with Crippen LogP contribution in [-0.2, 0) is 10.0 Å². The third-order valence-electron chi connectivity index (χ3n) is 2.32. The van der Waals surface area contributed by atoms with Crippen LogP contribution in [0.2, 0.25) is 5.02 Å². The SMILES string of the molecule is CSCC(C)CNS(=O)(=O)c1cc(N)ccc1Cl. The van der Waals surface area contributed by atoms with Crippen LogP contribution >= 0.6 is 23.4 Å². The molecule has 0 saturated heterocycles. The summed E-state index contributed by atoms with van der Waals surface area (Å²) in [5, 5.41) is 0.175. The molecule has 1 rings (SSSR count). The van der Waals surface area contributed by atoms with Crippen molar-refractivity contribution in [2.24, 2.45) is 5.92 Å². The lowest BCUT2D eigenvalue weighted by molar-refractivity contribution is 0.563. The number of hydrogen-bond acceptors (Lipinski definition) is 4. The first-order valence-electron chi connectivity index (χ1n) is 5.40. The maximum atomic E-state index is 12.1. The van der Waals surface area contributed by atoms with Crippen molar-refractivity contribution in [1.29, 1.82) is 0 Å². The van der Waals surface area contributed by atoms with Crippen molar-refractivity contribution in [3.8, 4) is 0 Å². The predicted molar refractivity (Wildman–Crippen MR) is 78.6 cm³/mol. The van der Waals surface area contributed by atoms with Crippen molar-refractivity contribution in [2.45, 2.75) is 11.8 Å². The molecule has 102 valence electrons. The lowest BCUT2D eigenvalue weighted by atomic mass is 10.2. The molecule has 1 unspecified atom stereocenters. The van der Waals surface area contributed by atoms with E-state index >= 15 is 0 Å². The summed E-state index contributed by atoms with van der Waals surface area (Å²) in [4.78, 5) is 0.0283. The molecule has 18 heavy (non-hydrogen) atoms. The third-order valence-corrected chi connectivity index (χ3v) is 5.13. The molecule has 1 atom stereocenters. The maximum absolute atomic E-state index is 12.1. The highest BCUT2D eigenvalue weighted by Gasteiger charge is 2.18. The van der Waals surface area contributed by atoms with Crippen LogP contribution in [0, 0.1) is 5.92 Å². The summed E-state index contributed by atoms with van der Waals surface area (Å²) >= 11 is 7.56. The Hall–Kier alpha value is -0.430. The molecule has 0 radical (unpaired) electrons. The fourth-order valence-electron chi connectivity index (χ4n) is 1.40. The molecule has 0 spiro atoms. The molecular formula is C11H17ClN2O2S2. The minimum Gasteiger partial charge on any atom is -0.399 e. The van der Waals surface area contributed by atoms with Gasteiger partial charge in [0.2, 0.25) is 10.0 Å². The van der Waals surface area contributed by atoms with E-state index in [1.807, 2.05) is 13.2 Å². The molecule has 4 nitrogen and oxygen atoms in total. The molecule has 3 N–H and O–H groups in total. The Labute approximate surface area is 117 Å². The van der Waals surface area contributed by atoms with Crippen molar-refractivity contribution < 1.29 is 8.42 Å². The van der Waals surface area contributed by atoms with Crippen molar-refractivity contribution in [3.63, 3.8) is 0 Å². The average molecular weight is 309 g/mol. The summed E-state index contributed by atoms with van der Waals surface area (Å²) < 4.78 is 26.7. The maximum Gasteiger partial charge on any atom is 0.242 e. The van der Waals surface area contributed by atoms with Crippen LogP contribution in [0.15, 0.2) is 23.1 Å². The summed E-state index contributed by atoms with van der Waals surface area (Å²) in [5.41, 5.74) is 5.95. The van der Waals surface area contributed by atoms with Gasteiger partial charge in [-0.2, -0.15) is 11.8 Å². The molecule has 0 fully saturated rings. The molecule has 0 aliphatic rings. The molecule has 0 bridgehead atoms. The van der Waals surface area contributed by atoms with Gasteiger partial charge in [-0.05, 0) is 36.1 Å². The van der Waals surface area contributed by atoms with Gasteiger partial charge in [0, 0.05) is 12.2 Å². The van der Waals surface area contributed by atoms with Gasteiger partial charge in [0.15, 0.2) is 0 Å². The lowest BCUT2D eigenvalue weighted by Gasteiger charge is -2.12. The van der Waals surface area contributed by atoms with E-state index in [9.17, 15) is 8.42 Å². The van der Waals surface area contributed by atoms with Gasteiger partial charge < -0.3 is 5.73 Å². The summed E-state index contributed by atoms with van der Waals surface area (Å²) in [6.07, 6.45) is 1.99. The normalized spacial score (nSPS) is 13.5. The van der Waals surface area contributed by atoms with Crippen molar-refractivity contribution >= 4 is 39.1 Å². The highest BCUT2D eigenvalue weighted by molar-refractivity contribution is 7.98. The molecule has 0 heterocycles. The zero-order chi connectivity index (χ0) is 13.8. The second-order valence-corrected chi connectivity index (χ2v) is 7.16. The highest BCUT2D eigenvalue weighted by atomic mass is 35.5. The van der Waals surface area contributed by atoms with Crippen LogP contribution in [0.1, 0.15) is 6.92 Å². The molecular weight excluding hydrogens is 292 g/mol. The Morgan fingerprint density at radius 2 is 2.17 bits per heavy atom. The van der Waals surface area contributed by atoms with Gasteiger partial charge in [0.05, 0.1) is 5.02 Å². The monoisotopic (exact) mass is 308 g/mol. The third kappa shape index (κ3) is 4.35. The second-order valence-electron chi connectivity index (χ2n) is 4.10. The van der Waals surface area contributed by atoms with E-state index in [1.54, 1.807) is 17.8 Å². The van der Waals surface area contributed by atoms with Crippen molar-refractivity contribution in [1.82, 2.24) is 4.72 Å². The van der Waals surface area contributed by atoms with E-state index in [-0.39, 0.29) is 15.8 Å². The topological polar surface area (TPSA) is 72.2 Å². The highest BCUT2D eigenvalue weighted by Crippen LogP contribution is 2.23. The average Bonchev–Trinajstić information content (AvgIpc) is 2.30. The number of benzene rings is 1. The van der Waals surface area contributed by atoms with Crippen LogP contribution in [0.4, 0.5) is 5.69 Å². The van der Waals surface area contributed by atoms with E-state index in [1.165, 1.54) is 12.1 Å². The Morgan fingerprint density at radius 1 is 1.50 bits per heavy atom. The standard InChI is InChI=1S/C11H17ClN2O2S2/c1-8(7-17-2)6-14-18(15,16)11-5-9(13)3-4-10(11)12/h3-5,8,14H,6-7,13H2,1-2H3. The zero-order valence-corrected chi connectivity index (χ0v) is 12.7. The van der Waals surface area contributed by atoms with Gasteiger partial charge in [-0.15, -0.1) is 0 Å². The molecule has 1 aromatic rings. The Kier molecular flexibility index (Phi) is 5.78. The number of thioether (sulfide) groups is 1. The largest absolute Gasteiger partial charge is 0.399 e. The lowest BCUT2D eigenvalue weighted by Crippen LogP contribution is -2.29. The number of anilines is 1. The first-order valence-corrected chi connectivity index (χ1v) is 8.66. The molecule has 0 aromatic heterocycles. The number of nitrogens with one attached hydrogen (secondary N) is 1. The minimum absolute atomic E-state index is 0.0283. The van der Waals surface area contributed by atoms with Gasteiger partial charge in [-0.1, -0.05) is 18.5 Å². The van der Waals surface area contributed by atoms with Gasteiger partial charge in [-0.25, -0.2) is 13.1 Å². The molecule has 1 aromatic carbocycles. The number of halogens is 1. The molecule has 0 aliphatic carbocycles. The van der Waals surface area contributed by atoms with E-state index in [0.717, 1.165) is 5.75 Å². The molecule has 0 saturated carbocycles. The van der Waals surface area contributed by atoms with Gasteiger partial charge in [-0.3, -0.25) is 0 Å². The minimum atomic E-state index is -3.60. The summed E-state index contributed by atoms with van der Waals surface area (Å²) in [6, 6.07) is 4.42. The Balaban J connectivity index is 2.83. The predicted octanol–water partition coefficient (Wildman–Crippen LogP) is 2.20. The second kappa shape index (κ2) is 6.65. The molecule has 7 heteroatoms. The first kappa shape index (κ1) is 15.6. The number of rotatable bonds is 6. The Bertz CT molecular complexity index is 506. The van der Waals surface area contributed by atoms with E-state index in [2.05, 4.69) is 4.72 Å². The van der Waals surface area contributed by atoms with Crippen LogP contribution in [-0.4, -0.2) is 27.0 Å². The van der Waals surface area contributed by atoms with E-state index in [0.29, 0.717) is 12.2 Å². The fraction of sp³-hybridized carbons (Fsp3) is 0.455. The first-order chi connectivity index (χ1) is 8.36. The van der Waals surface area contributed by atoms with E-state index < -0.39 is 10.0 Å².